The van der Waals surface area contributed by atoms with Crippen molar-refractivity contribution in [1.82, 2.24) is 25.9 Å². The van der Waals surface area contributed by atoms with E-state index in [0.717, 1.165) is 57.0 Å². The van der Waals surface area contributed by atoms with Crippen molar-refractivity contribution in [2.24, 2.45) is 5.92 Å². The Hall–Kier alpha value is -1.64. The van der Waals surface area contributed by atoms with Crippen LogP contribution in [0.4, 0.5) is 17.6 Å². The average molecular weight is 459 g/mol. The quantitative estimate of drug-likeness (QED) is 0.323. The predicted molar refractivity (Wildman–Crippen MR) is 138 cm³/mol. The summed E-state index contributed by atoms with van der Waals surface area (Å²) in [5.41, 5.74) is 6.05. The second kappa shape index (κ2) is 13.3. The molecule has 186 valence electrons. The van der Waals surface area contributed by atoms with E-state index < -0.39 is 0 Å². The third kappa shape index (κ3) is 8.26. The Bertz CT molecular complexity index is 679. The van der Waals surface area contributed by atoms with E-state index in [9.17, 15) is 0 Å². The molecule has 0 spiro atoms. The van der Waals surface area contributed by atoms with Crippen molar-refractivity contribution in [2.45, 2.75) is 82.7 Å². The maximum absolute atomic E-state index is 6.05. The monoisotopic (exact) mass is 458 g/mol. The predicted octanol–water partition coefficient (Wildman–Crippen LogP) is 2.73. The molecular weight excluding hydrogens is 412 g/mol. The van der Waals surface area contributed by atoms with E-state index in [0.29, 0.717) is 17.8 Å². The number of nitrogens with zero attached hydrogens (tertiary/aromatic N) is 3. The van der Waals surface area contributed by atoms with E-state index in [1.807, 2.05) is 6.07 Å². The van der Waals surface area contributed by atoms with E-state index in [1.54, 1.807) is 0 Å². The van der Waals surface area contributed by atoms with Gasteiger partial charge >= 0.3 is 0 Å². The number of anilines is 3. The molecule has 33 heavy (non-hydrogen) atoms. The summed E-state index contributed by atoms with van der Waals surface area (Å²) >= 11 is 0. The minimum Gasteiger partial charge on any atom is -0.383 e. The summed E-state index contributed by atoms with van der Waals surface area (Å²) in [6, 6.07) is 3.38. The maximum Gasteiger partial charge on any atom is 0.226 e. The van der Waals surface area contributed by atoms with Crippen molar-refractivity contribution in [3.63, 3.8) is 0 Å². The minimum atomic E-state index is 0.543. The first-order chi connectivity index (χ1) is 16.3. The first-order valence-electron chi connectivity index (χ1n) is 13.6. The molecule has 1 aromatic rings. The number of nitrogens with one attached hydrogen (secondary N) is 4. The molecule has 0 bridgehead atoms. The van der Waals surface area contributed by atoms with E-state index in [-0.39, 0.29) is 0 Å². The molecule has 8 nitrogen and oxygen atoms in total. The molecule has 1 aromatic heterocycles. The lowest BCUT2D eigenvalue weighted by atomic mass is 9.84. The van der Waals surface area contributed by atoms with Crippen molar-refractivity contribution >= 4 is 17.6 Å². The van der Waals surface area contributed by atoms with Crippen LogP contribution in [0.3, 0.4) is 0 Å². The number of nitrogen functional groups attached to an aromatic ring is 1. The Labute approximate surface area is 200 Å². The Morgan fingerprint density at radius 2 is 1.58 bits per heavy atom. The topological polar surface area (TPSA) is 103 Å². The molecule has 0 aromatic carbocycles. The van der Waals surface area contributed by atoms with Gasteiger partial charge in [-0.05, 0) is 70.4 Å². The summed E-state index contributed by atoms with van der Waals surface area (Å²) < 4.78 is 0. The highest BCUT2D eigenvalue weighted by Crippen LogP contribution is 2.27. The van der Waals surface area contributed by atoms with Crippen LogP contribution >= 0.6 is 0 Å². The summed E-state index contributed by atoms with van der Waals surface area (Å²) in [6.45, 7) is 7.14. The lowest BCUT2D eigenvalue weighted by molar-refractivity contribution is 0.282. The van der Waals surface area contributed by atoms with E-state index in [1.165, 1.54) is 77.2 Å². The summed E-state index contributed by atoms with van der Waals surface area (Å²) in [5.74, 6) is 2.95. The van der Waals surface area contributed by atoms with E-state index >= 15 is 0 Å². The Balaban J connectivity index is 1.07. The molecule has 3 fully saturated rings. The van der Waals surface area contributed by atoms with Gasteiger partial charge in [0.15, 0.2) is 0 Å². The Morgan fingerprint density at radius 3 is 2.30 bits per heavy atom. The van der Waals surface area contributed by atoms with Crippen LogP contribution in [0.1, 0.15) is 70.6 Å². The molecule has 3 aliphatic rings. The molecule has 0 radical (unpaired) electrons. The smallest absolute Gasteiger partial charge is 0.226 e. The summed E-state index contributed by atoms with van der Waals surface area (Å²) in [4.78, 5) is 11.4. The average Bonchev–Trinajstić information content (AvgIpc) is 2.86. The lowest BCUT2D eigenvalue weighted by Crippen LogP contribution is -2.44. The van der Waals surface area contributed by atoms with Crippen LogP contribution < -0.4 is 31.9 Å². The van der Waals surface area contributed by atoms with Gasteiger partial charge in [-0.3, -0.25) is 0 Å². The van der Waals surface area contributed by atoms with Crippen LogP contribution in [-0.4, -0.2) is 67.9 Å². The Kier molecular flexibility index (Phi) is 9.87. The zero-order valence-corrected chi connectivity index (χ0v) is 20.5. The zero-order chi connectivity index (χ0) is 22.7. The van der Waals surface area contributed by atoms with Crippen molar-refractivity contribution < 1.29 is 0 Å². The normalized spacial score (nSPS) is 24.7. The highest BCUT2D eigenvalue weighted by Gasteiger charge is 2.21. The molecule has 1 saturated heterocycles. The van der Waals surface area contributed by atoms with Crippen LogP contribution in [0.15, 0.2) is 6.07 Å². The van der Waals surface area contributed by atoms with Gasteiger partial charge in [0.2, 0.25) is 5.95 Å². The molecule has 2 saturated carbocycles. The van der Waals surface area contributed by atoms with Gasteiger partial charge < -0.3 is 31.9 Å². The standard InChI is InChI=1S/C25H46N8/c26-23-19-24(33-17-15-27-16-18-33)32-25(31-23)30-14-11-20-7-9-22(10-8-20)29-13-4-12-28-21-5-2-1-3-6-21/h19-22,27-29H,1-18H2,(H3,26,30,31,32). The van der Waals surface area contributed by atoms with Crippen LogP contribution in [0.2, 0.25) is 0 Å². The van der Waals surface area contributed by atoms with Gasteiger partial charge in [-0.2, -0.15) is 9.97 Å². The summed E-state index contributed by atoms with van der Waals surface area (Å²) in [5, 5.41) is 14.4. The first-order valence-corrected chi connectivity index (χ1v) is 13.6. The van der Waals surface area contributed by atoms with Crippen molar-refractivity contribution in [1.29, 1.82) is 0 Å². The van der Waals surface area contributed by atoms with Crippen LogP contribution in [0.5, 0.6) is 0 Å². The van der Waals surface area contributed by atoms with Gasteiger partial charge in [0.05, 0.1) is 0 Å². The third-order valence-corrected chi connectivity index (χ3v) is 7.68. The molecule has 6 N–H and O–H groups in total. The van der Waals surface area contributed by atoms with Gasteiger partial charge in [-0.1, -0.05) is 19.3 Å². The number of hydrogen-bond acceptors (Lipinski definition) is 8. The molecule has 2 heterocycles. The van der Waals surface area contributed by atoms with Gasteiger partial charge in [0, 0.05) is 50.9 Å². The van der Waals surface area contributed by atoms with Crippen LogP contribution in [-0.2, 0) is 0 Å². The summed E-state index contributed by atoms with van der Waals surface area (Å²) in [6.07, 6.45) is 14.7. The SMILES string of the molecule is Nc1cc(N2CCNCC2)nc(NCCC2CCC(NCCCNC3CCCCC3)CC2)n1. The number of nitrogens with two attached hydrogens (primary N) is 1. The van der Waals surface area contributed by atoms with Gasteiger partial charge in [0.25, 0.3) is 0 Å². The van der Waals surface area contributed by atoms with Crippen molar-refractivity contribution in [2.75, 3.05) is 61.8 Å². The maximum atomic E-state index is 6.05. The third-order valence-electron chi connectivity index (χ3n) is 7.68. The number of piperazine rings is 1. The van der Waals surface area contributed by atoms with E-state index in [2.05, 4.69) is 31.2 Å². The summed E-state index contributed by atoms with van der Waals surface area (Å²) in [7, 11) is 0. The number of rotatable bonds is 11. The highest BCUT2D eigenvalue weighted by atomic mass is 15.3. The van der Waals surface area contributed by atoms with Crippen LogP contribution in [0.25, 0.3) is 0 Å². The highest BCUT2D eigenvalue weighted by molar-refractivity contribution is 5.51. The molecule has 8 heteroatoms. The molecule has 2 aliphatic carbocycles. The fraction of sp³-hybridized carbons (Fsp3) is 0.840. The number of aromatic nitrogens is 2. The van der Waals surface area contributed by atoms with Crippen molar-refractivity contribution in [3.8, 4) is 0 Å². The first kappa shape index (κ1) is 24.5. The second-order valence-electron chi connectivity index (χ2n) is 10.2. The molecule has 1 aliphatic heterocycles. The fourth-order valence-electron chi connectivity index (χ4n) is 5.64. The zero-order valence-electron chi connectivity index (χ0n) is 20.5. The minimum absolute atomic E-state index is 0.543. The molecule has 0 atom stereocenters. The number of hydrogen-bond donors (Lipinski definition) is 5. The molecule has 4 rings (SSSR count). The van der Waals surface area contributed by atoms with E-state index in [4.69, 9.17) is 10.7 Å². The van der Waals surface area contributed by atoms with Crippen molar-refractivity contribution in [3.05, 3.63) is 6.07 Å². The van der Waals surface area contributed by atoms with Gasteiger partial charge in [0.1, 0.15) is 11.6 Å². The lowest BCUT2D eigenvalue weighted by Gasteiger charge is -2.30. The van der Waals surface area contributed by atoms with Gasteiger partial charge in [-0.25, -0.2) is 0 Å². The van der Waals surface area contributed by atoms with Gasteiger partial charge in [-0.15, -0.1) is 0 Å². The molecular formula is C25H46N8. The molecule has 0 amide bonds. The molecule has 0 unspecified atom stereocenters. The van der Waals surface area contributed by atoms with Crippen LogP contribution in [0, 0.1) is 5.92 Å². The largest absolute Gasteiger partial charge is 0.383 e. The second-order valence-corrected chi connectivity index (χ2v) is 10.2. The fourth-order valence-corrected chi connectivity index (χ4v) is 5.64. The Morgan fingerprint density at radius 1 is 0.879 bits per heavy atom.